The van der Waals surface area contributed by atoms with E-state index in [-0.39, 0.29) is 12.6 Å². The van der Waals surface area contributed by atoms with E-state index < -0.39 is 11.9 Å². The Kier molecular flexibility index (Phi) is 5.95. The van der Waals surface area contributed by atoms with Gasteiger partial charge in [0.15, 0.2) is 0 Å². The van der Waals surface area contributed by atoms with Gasteiger partial charge in [-0.05, 0) is 12.3 Å². The highest BCUT2D eigenvalue weighted by molar-refractivity contribution is 5.75. The summed E-state index contributed by atoms with van der Waals surface area (Å²) < 4.78 is 0. The normalized spacial score (nSPS) is 17.4. The Bertz CT molecular complexity index is 288. The van der Waals surface area contributed by atoms with Crippen molar-refractivity contribution in [3.05, 3.63) is 0 Å². The van der Waals surface area contributed by atoms with E-state index in [0.717, 1.165) is 12.3 Å². The molecule has 0 spiro atoms. The van der Waals surface area contributed by atoms with Crippen molar-refractivity contribution in [2.45, 2.75) is 39.0 Å². The molecule has 2 N–H and O–H groups in total. The predicted molar refractivity (Wildman–Crippen MR) is 69.4 cm³/mol. The average Bonchev–Trinajstić information content (AvgIpc) is 2.81. The zero-order valence-corrected chi connectivity index (χ0v) is 11.3. The van der Waals surface area contributed by atoms with Gasteiger partial charge in [0.1, 0.15) is 0 Å². The van der Waals surface area contributed by atoms with Crippen LogP contribution in [0.3, 0.4) is 0 Å². The standard InChI is InChI=1S/C13H24N2O3/c1-10(12(16)17)9-15(2)13(18)14-8-7-11-5-3-4-6-11/h10-11H,3-9H2,1-2H3,(H,14,18)(H,16,17). The van der Waals surface area contributed by atoms with Crippen molar-refractivity contribution in [2.75, 3.05) is 20.1 Å². The summed E-state index contributed by atoms with van der Waals surface area (Å²) in [5.74, 6) is -0.648. The maximum absolute atomic E-state index is 11.7. The van der Waals surface area contributed by atoms with Gasteiger partial charge in [0.25, 0.3) is 0 Å². The molecule has 1 atom stereocenters. The summed E-state index contributed by atoms with van der Waals surface area (Å²) in [5, 5.41) is 11.6. The van der Waals surface area contributed by atoms with Gasteiger partial charge in [0.05, 0.1) is 5.92 Å². The van der Waals surface area contributed by atoms with Crippen LogP contribution in [0.25, 0.3) is 0 Å². The lowest BCUT2D eigenvalue weighted by Crippen LogP contribution is -2.41. The van der Waals surface area contributed by atoms with E-state index in [1.54, 1.807) is 14.0 Å². The second kappa shape index (κ2) is 7.24. The minimum absolute atomic E-state index is 0.180. The summed E-state index contributed by atoms with van der Waals surface area (Å²) in [6.07, 6.45) is 6.22. The molecule has 5 heteroatoms. The molecular weight excluding hydrogens is 232 g/mol. The van der Waals surface area contributed by atoms with Crippen molar-refractivity contribution in [3.8, 4) is 0 Å². The smallest absolute Gasteiger partial charge is 0.317 e. The highest BCUT2D eigenvalue weighted by Crippen LogP contribution is 2.26. The molecule has 104 valence electrons. The van der Waals surface area contributed by atoms with Gasteiger partial charge in [0, 0.05) is 20.1 Å². The number of rotatable bonds is 6. The lowest BCUT2D eigenvalue weighted by Gasteiger charge is -2.20. The molecule has 0 aromatic heterocycles. The van der Waals surface area contributed by atoms with E-state index in [0.29, 0.717) is 6.54 Å². The topological polar surface area (TPSA) is 69.6 Å². The van der Waals surface area contributed by atoms with Crippen LogP contribution >= 0.6 is 0 Å². The Morgan fingerprint density at radius 2 is 2.00 bits per heavy atom. The molecule has 1 saturated carbocycles. The van der Waals surface area contributed by atoms with Crippen molar-refractivity contribution >= 4 is 12.0 Å². The second-order valence-corrected chi connectivity index (χ2v) is 5.29. The minimum Gasteiger partial charge on any atom is -0.481 e. The van der Waals surface area contributed by atoms with E-state index in [1.807, 2.05) is 0 Å². The van der Waals surface area contributed by atoms with E-state index in [4.69, 9.17) is 5.11 Å². The summed E-state index contributed by atoms with van der Waals surface area (Å²) in [6.45, 7) is 2.53. The lowest BCUT2D eigenvalue weighted by atomic mass is 10.0. The molecule has 0 bridgehead atoms. The fourth-order valence-corrected chi connectivity index (χ4v) is 2.39. The maximum atomic E-state index is 11.7. The van der Waals surface area contributed by atoms with Crippen LogP contribution in [0.1, 0.15) is 39.0 Å². The third-order valence-corrected chi connectivity index (χ3v) is 3.62. The fourth-order valence-electron chi connectivity index (χ4n) is 2.39. The average molecular weight is 256 g/mol. The van der Waals surface area contributed by atoms with Crippen LogP contribution in [-0.2, 0) is 4.79 Å². The molecule has 0 aliphatic heterocycles. The molecule has 1 aliphatic carbocycles. The number of carbonyl (C=O) groups is 2. The molecule has 0 heterocycles. The van der Waals surface area contributed by atoms with Crippen molar-refractivity contribution in [1.82, 2.24) is 10.2 Å². The summed E-state index contributed by atoms with van der Waals surface area (Å²) in [4.78, 5) is 23.8. The molecule has 1 unspecified atom stereocenters. The number of amides is 2. The Hall–Kier alpha value is -1.26. The molecule has 0 radical (unpaired) electrons. The fraction of sp³-hybridized carbons (Fsp3) is 0.846. The van der Waals surface area contributed by atoms with E-state index in [9.17, 15) is 9.59 Å². The van der Waals surface area contributed by atoms with E-state index >= 15 is 0 Å². The lowest BCUT2D eigenvalue weighted by molar-refractivity contribution is -0.141. The number of hydrogen-bond acceptors (Lipinski definition) is 2. The molecule has 0 aromatic rings. The summed E-state index contributed by atoms with van der Waals surface area (Å²) >= 11 is 0. The molecule has 5 nitrogen and oxygen atoms in total. The van der Waals surface area contributed by atoms with Crippen LogP contribution in [-0.4, -0.2) is 42.1 Å². The van der Waals surface area contributed by atoms with Gasteiger partial charge >= 0.3 is 12.0 Å². The van der Waals surface area contributed by atoms with Crippen LogP contribution in [0.4, 0.5) is 4.79 Å². The number of carboxylic acid groups (broad SMARTS) is 1. The molecule has 2 amide bonds. The zero-order chi connectivity index (χ0) is 13.5. The number of carbonyl (C=O) groups excluding carboxylic acids is 1. The first-order valence-electron chi connectivity index (χ1n) is 6.72. The van der Waals surface area contributed by atoms with Crippen molar-refractivity contribution in [3.63, 3.8) is 0 Å². The Labute approximate surface area is 109 Å². The van der Waals surface area contributed by atoms with Crippen molar-refractivity contribution in [1.29, 1.82) is 0 Å². The maximum Gasteiger partial charge on any atom is 0.317 e. The summed E-state index contributed by atoms with van der Waals surface area (Å²) in [7, 11) is 1.63. The molecule has 1 rings (SSSR count). The van der Waals surface area contributed by atoms with Crippen LogP contribution in [0.5, 0.6) is 0 Å². The van der Waals surface area contributed by atoms with Gasteiger partial charge in [-0.25, -0.2) is 4.79 Å². The van der Waals surface area contributed by atoms with Crippen LogP contribution < -0.4 is 5.32 Å². The van der Waals surface area contributed by atoms with E-state index in [1.165, 1.54) is 30.6 Å². The molecule has 0 saturated heterocycles. The van der Waals surface area contributed by atoms with E-state index in [2.05, 4.69) is 5.32 Å². The van der Waals surface area contributed by atoms with Gasteiger partial charge in [-0.1, -0.05) is 32.6 Å². The summed E-state index contributed by atoms with van der Waals surface area (Å²) in [6, 6.07) is -0.180. The molecule has 1 fully saturated rings. The largest absolute Gasteiger partial charge is 0.481 e. The Morgan fingerprint density at radius 3 is 2.56 bits per heavy atom. The molecule has 1 aliphatic rings. The molecule has 18 heavy (non-hydrogen) atoms. The number of carboxylic acids is 1. The third-order valence-electron chi connectivity index (χ3n) is 3.62. The number of hydrogen-bond donors (Lipinski definition) is 2. The Morgan fingerprint density at radius 1 is 1.39 bits per heavy atom. The highest BCUT2D eigenvalue weighted by Gasteiger charge is 2.18. The Balaban J connectivity index is 2.16. The van der Waals surface area contributed by atoms with Crippen LogP contribution in [0.2, 0.25) is 0 Å². The van der Waals surface area contributed by atoms with Crippen molar-refractivity contribution < 1.29 is 14.7 Å². The van der Waals surface area contributed by atoms with Crippen LogP contribution in [0, 0.1) is 11.8 Å². The first kappa shape index (κ1) is 14.8. The van der Waals surface area contributed by atoms with Gasteiger partial charge in [0.2, 0.25) is 0 Å². The SMILES string of the molecule is CC(CN(C)C(=O)NCCC1CCCC1)C(=O)O. The number of nitrogens with one attached hydrogen (secondary N) is 1. The minimum atomic E-state index is -0.874. The van der Waals surface area contributed by atoms with Crippen LogP contribution in [0.15, 0.2) is 0 Å². The number of aliphatic carboxylic acids is 1. The van der Waals surface area contributed by atoms with Gasteiger partial charge in [-0.2, -0.15) is 0 Å². The van der Waals surface area contributed by atoms with Crippen molar-refractivity contribution in [2.24, 2.45) is 11.8 Å². The zero-order valence-electron chi connectivity index (χ0n) is 11.3. The van der Waals surface area contributed by atoms with Gasteiger partial charge < -0.3 is 15.3 Å². The molecule has 0 aromatic carbocycles. The first-order chi connectivity index (χ1) is 8.50. The monoisotopic (exact) mass is 256 g/mol. The molecular formula is C13H24N2O3. The quantitative estimate of drug-likeness (QED) is 0.763. The predicted octanol–water partition coefficient (Wildman–Crippen LogP) is 1.93. The summed E-state index contributed by atoms with van der Waals surface area (Å²) in [5.41, 5.74) is 0. The number of urea groups is 1. The highest BCUT2D eigenvalue weighted by atomic mass is 16.4. The first-order valence-corrected chi connectivity index (χ1v) is 6.72. The number of nitrogens with zero attached hydrogens (tertiary/aromatic N) is 1. The second-order valence-electron chi connectivity index (χ2n) is 5.29. The van der Waals surface area contributed by atoms with Gasteiger partial charge in [-0.15, -0.1) is 0 Å². The van der Waals surface area contributed by atoms with Gasteiger partial charge in [-0.3, -0.25) is 4.79 Å². The third kappa shape index (κ3) is 4.94.